The topological polar surface area (TPSA) is 87.2 Å². The lowest BCUT2D eigenvalue weighted by molar-refractivity contribution is 0.122. The molecule has 10 heteroatoms. The Morgan fingerprint density at radius 1 is 1.23 bits per heavy atom. The minimum atomic E-state index is -0.991. The Morgan fingerprint density at radius 2 is 2.00 bits per heavy atom. The quantitative estimate of drug-likeness (QED) is 0.594. The number of rotatable bonds is 6. The van der Waals surface area contributed by atoms with Gasteiger partial charge in [-0.05, 0) is 38.6 Å². The van der Waals surface area contributed by atoms with Crippen LogP contribution in [0.1, 0.15) is 37.9 Å². The smallest absolute Gasteiger partial charge is 0.261 e. The fraction of sp³-hybridized carbons (Fsp3) is 0.619. The Labute approximate surface area is 190 Å². The molecular formula is C21H28ClF2N3O3S. The van der Waals surface area contributed by atoms with E-state index in [0.29, 0.717) is 29.8 Å². The zero-order valence-electron chi connectivity index (χ0n) is 17.1. The molecule has 2 fully saturated rings. The third-order valence-electron chi connectivity index (χ3n) is 5.89. The molecule has 1 aromatic carbocycles. The number of alkyl halides is 1. The van der Waals surface area contributed by atoms with Crippen molar-refractivity contribution in [1.29, 1.82) is 0 Å². The number of H-pyrrole nitrogens is 1. The van der Waals surface area contributed by atoms with Crippen LogP contribution in [0, 0.1) is 11.7 Å². The summed E-state index contributed by atoms with van der Waals surface area (Å²) in [7, 11) is 0. The number of benzene rings is 1. The number of aliphatic hydroxyl groups is 1. The Hall–Kier alpha value is -1.42. The molecule has 2 atom stereocenters. The lowest BCUT2D eigenvalue weighted by Crippen LogP contribution is -2.40. The summed E-state index contributed by atoms with van der Waals surface area (Å²) >= 11 is 1.69. The number of hydrogen-bond acceptors (Lipinski definition) is 6. The van der Waals surface area contributed by atoms with Crippen LogP contribution in [0.4, 0.5) is 8.78 Å². The van der Waals surface area contributed by atoms with E-state index >= 15 is 0 Å². The Kier molecular flexibility index (Phi) is 8.55. The fourth-order valence-electron chi connectivity index (χ4n) is 4.07. The first kappa shape index (κ1) is 24.2. The van der Waals surface area contributed by atoms with Crippen LogP contribution < -0.4 is 15.6 Å². The van der Waals surface area contributed by atoms with Crippen molar-refractivity contribution in [3.8, 4) is 5.75 Å². The lowest BCUT2D eigenvalue weighted by atomic mass is 9.97. The van der Waals surface area contributed by atoms with Crippen molar-refractivity contribution >= 4 is 35.1 Å². The molecular weight excluding hydrogens is 448 g/mol. The molecule has 1 aliphatic carbocycles. The Bertz CT molecular complexity index is 940. The first-order valence-electron chi connectivity index (χ1n) is 10.5. The average Bonchev–Trinajstić information content (AvgIpc) is 2.72. The molecule has 2 aliphatic rings. The predicted octanol–water partition coefficient (Wildman–Crippen LogP) is 3.35. The maximum absolute atomic E-state index is 14.5. The van der Waals surface area contributed by atoms with Gasteiger partial charge in [0.1, 0.15) is 28.9 Å². The number of fused-ring (bicyclic) bond motifs is 1. The number of nitrogens with one attached hydrogen (secondary N) is 2. The van der Waals surface area contributed by atoms with E-state index in [1.807, 2.05) is 0 Å². The van der Waals surface area contributed by atoms with Crippen LogP contribution in [0.15, 0.2) is 16.9 Å². The molecule has 0 bridgehead atoms. The molecule has 31 heavy (non-hydrogen) atoms. The molecule has 4 rings (SSSR count). The molecule has 0 radical (unpaired) electrons. The van der Waals surface area contributed by atoms with Gasteiger partial charge in [-0.2, -0.15) is 11.8 Å². The number of piperidine rings is 1. The summed E-state index contributed by atoms with van der Waals surface area (Å²) in [6.07, 6.45) is 2.91. The van der Waals surface area contributed by atoms with E-state index in [4.69, 9.17) is 4.74 Å². The normalized spacial score (nSPS) is 26.4. The van der Waals surface area contributed by atoms with Gasteiger partial charge in [0, 0.05) is 29.8 Å². The summed E-state index contributed by atoms with van der Waals surface area (Å²) < 4.78 is 34.2. The Balaban J connectivity index is 0.00000272. The van der Waals surface area contributed by atoms with E-state index in [0.717, 1.165) is 38.3 Å². The van der Waals surface area contributed by atoms with E-state index in [1.165, 1.54) is 0 Å². The predicted molar refractivity (Wildman–Crippen MR) is 120 cm³/mol. The van der Waals surface area contributed by atoms with Crippen molar-refractivity contribution < 1.29 is 18.6 Å². The lowest BCUT2D eigenvalue weighted by Gasteiger charge is -2.26. The van der Waals surface area contributed by atoms with Gasteiger partial charge in [0.15, 0.2) is 0 Å². The fourth-order valence-corrected chi connectivity index (χ4v) is 5.21. The Morgan fingerprint density at radius 3 is 2.74 bits per heavy atom. The number of hydrogen-bond donors (Lipinski definition) is 3. The highest BCUT2D eigenvalue weighted by Gasteiger charge is 2.25. The van der Waals surface area contributed by atoms with Crippen molar-refractivity contribution in [2.75, 3.05) is 19.7 Å². The van der Waals surface area contributed by atoms with Crippen LogP contribution in [-0.4, -0.2) is 52.3 Å². The second kappa shape index (κ2) is 10.9. The maximum atomic E-state index is 14.5. The van der Waals surface area contributed by atoms with Gasteiger partial charge >= 0.3 is 0 Å². The number of aromatic amines is 1. The molecule has 3 N–H and O–H groups in total. The van der Waals surface area contributed by atoms with E-state index in [1.54, 1.807) is 17.8 Å². The molecule has 0 amide bonds. The third-order valence-corrected chi connectivity index (χ3v) is 7.27. The van der Waals surface area contributed by atoms with Crippen LogP contribution >= 0.6 is 24.2 Å². The van der Waals surface area contributed by atoms with Crippen molar-refractivity contribution in [3.05, 3.63) is 34.1 Å². The van der Waals surface area contributed by atoms with E-state index in [-0.39, 0.29) is 47.7 Å². The second-order valence-electron chi connectivity index (χ2n) is 8.13. The number of nitrogens with zero attached hydrogens (tertiary/aromatic N) is 1. The summed E-state index contributed by atoms with van der Waals surface area (Å²) in [4.78, 5) is 19.5. The average molecular weight is 476 g/mol. The van der Waals surface area contributed by atoms with Gasteiger partial charge in [-0.3, -0.25) is 4.79 Å². The van der Waals surface area contributed by atoms with Crippen molar-refractivity contribution in [2.24, 2.45) is 5.92 Å². The van der Waals surface area contributed by atoms with Gasteiger partial charge in [0.05, 0.1) is 24.0 Å². The molecule has 1 aliphatic heterocycles. The van der Waals surface area contributed by atoms with Gasteiger partial charge in [-0.15, -0.1) is 12.4 Å². The first-order chi connectivity index (χ1) is 14.5. The zero-order valence-corrected chi connectivity index (χ0v) is 18.7. The maximum Gasteiger partial charge on any atom is 0.261 e. The van der Waals surface area contributed by atoms with Crippen LogP contribution in [0.5, 0.6) is 5.75 Å². The minimum absolute atomic E-state index is 0. The number of halogens is 3. The van der Waals surface area contributed by atoms with Gasteiger partial charge in [-0.25, -0.2) is 13.8 Å². The summed E-state index contributed by atoms with van der Waals surface area (Å²) in [5, 5.41) is 12.9. The summed E-state index contributed by atoms with van der Waals surface area (Å²) in [5.41, 5.74) is -0.272. The number of ether oxygens (including phenoxy) is 1. The summed E-state index contributed by atoms with van der Waals surface area (Å²) in [6.45, 7) is 1.20. The highest BCUT2D eigenvalue weighted by molar-refractivity contribution is 7.99. The molecule has 1 aromatic heterocycles. The number of aliphatic hydroxyl groups excluding tert-OH is 1. The minimum Gasteiger partial charge on any atom is -0.493 e. The van der Waals surface area contributed by atoms with Crippen LogP contribution in [-0.2, 0) is 5.75 Å². The van der Waals surface area contributed by atoms with Gasteiger partial charge in [0.25, 0.3) is 5.56 Å². The van der Waals surface area contributed by atoms with Gasteiger partial charge < -0.3 is 20.1 Å². The molecule has 1 saturated carbocycles. The van der Waals surface area contributed by atoms with Crippen molar-refractivity contribution in [3.63, 3.8) is 0 Å². The van der Waals surface area contributed by atoms with Crippen LogP contribution in [0.2, 0.25) is 0 Å². The highest BCUT2D eigenvalue weighted by atomic mass is 35.5. The zero-order chi connectivity index (χ0) is 21.1. The largest absolute Gasteiger partial charge is 0.493 e. The monoisotopic (exact) mass is 475 g/mol. The number of aromatic nitrogens is 2. The van der Waals surface area contributed by atoms with Crippen LogP contribution in [0.3, 0.4) is 0 Å². The molecule has 2 aromatic rings. The highest BCUT2D eigenvalue weighted by Crippen LogP contribution is 2.30. The third kappa shape index (κ3) is 6.09. The molecule has 0 unspecified atom stereocenters. The van der Waals surface area contributed by atoms with Crippen molar-refractivity contribution in [1.82, 2.24) is 15.3 Å². The molecule has 172 valence electrons. The molecule has 1 saturated heterocycles. The number of thioether (sulfide) groups is 1. The molecule has 6 nitrogen and oxygen atoms in total. The summed E-state index contributed by atoms with van der Waals surface area (Å²) in [6, 6.07) is 2.71. The second-order valence-corrected chi connectivity index (χ2v) is 9.42. The van der Waals surface area contributed by atoms with E-state index in [2.05, 4.69) is 15.3 Å². The summed E-state index contributed by atoms with van der Waals surface area (Å²) in [5.74, 6) is 0.319. The molecule has 0 spiro atoms. The van der Waals surface area contributed by atoms with Crippen LogP contribution in [0.25, 0.3) is 10.9 Å². The standard InChI is InChI=1S/C21H27F2N3O3S.ClH/c22-16-7-14(29-10-12-5-6-24-9-17(12)23)8-18-20(16)21(28)26-19(25-18)11-30-15-3-1-13(27)2-4-15;/h7-8,12-13,15,17,24,27H,1-6,9-11H2,(H,25,26,28);1H/t12-,13-,15-,17+;/m0./s1. The van der Waals surface area contributed by atoms with Gasteiger partial charge in [0.2, 0.25) is 0 Å². The van der Waals surface area contributed by atoms with Crippen molar-refractivity contribution in [2.45, 2.75) is 55.4 Å². The van der Waals surface area contributed by atoms with E-state index in [9.17, 15) is 18.7 Å². The molecule has 2 heterocycles. The first-order valence-corrected chi connectivity index (χ1v) is 11.5. The van der Waals surface area contributed by atoms with E-state index < -0.39 is 17.5 Å². The SMILES string of the molecule is Cl.O=c1[nH]c(CS[C@H]2CC[C@H](O)CC2)nc2cc(OC[C@@H]3CCNC[C@H]3F)cc(F)c12. The van der Waals surface area contributed by atoms with Gasteiger partial charge in [-0.1, -0.05) is 0 Å².